The third-order valence-electron chi connectivity index (χ3n) is 3.93. The molecule has 2 rings (SSSR count). The van der Waals surface area contributed by atoms with Crippen molar-refractivity contribution in [3.05, 3.63) is 59.2 Å². The molecule has 22 heavy (non-hydrogen) atoms. The van der Waals surface area contributed by atoms with Crippen LogP contribution in [0.15, 0.2) is 36.4 Å². The van der Waals surface area contributed by atoms with Gasteiger partial charge in [-0.3, -0.25) is 4.79 Å². The van der Waals surface area contributed by atoms with Gasteiger partial charge in [-0.1, -0.05) is 26.0 Å². The van der Waals surface area contributed by atoms with Gasteiger partial charge in [-0.05, 0) is 49.6 Å². The van der Waals surface area contributed by atoms with Crippen LogP contribution in [0.5, 0.6) is 0 Å². The third-order valence-corrected chi connectivity index (χ3v) is 3.93. The standard InChI is InChI=1S/C18H23FN2O/c1-12(2)18(15-7-9-16(19)10-8-15)20-17(22)11-21-13(3)5-6-14(21)4/h5-10,12,18H,11H2,1-4H3,(H,20,22)/t18-/m0/s1. The summed E-state index contributed by atoms with van der Waals surface area (Å²) in [6.45, 7) is 8.36. The van der Waals surface area contributed by atoms with Crippen molar-refractivity contribution in [3.8, 4) is 0 Å². The SMILES string of the molecule is Cc1ccc(C)n1CC(=O)N[C@H](c1ccc(F)cc1)C(C)C. The largest absolute Gasteiger partial charge is 0.347 e. The zero-order valence-corrected chi connectivity index (χ0v) is 13.6. The lowest BCUT2D eigenvalue weighted by Crippen LogP contribution is -2.34. The van der Waals surface area contributed by atoms with Crippen LogP contribution in [-0.2, 0) is 11.3 Å². The number of carbonyl (C=O) groups excluding carboxylic acids is 1. The molecule has 0 saturated carbocycles. The van der Waals surface area contributed by atoms with Crippen LogP contribution in [-0.4, -0.2) is 10.5 Å². The van der Waals surface area contributed by atoms with Gasteiger partial charge in [0.05, 0.1) is 6.04 Å². The molecule has 0 aliphatic carbocycles. The first-order chi connectivity index (χ1) is 10.4. The Morgan fingerprint density at radius 1 is 1.09 bits per heavy atom. The minimum absolute atomic E-state index is 0.0366. The van der Waals surface area contributed by atoms with Crippen molar-refractivity contribution < 1.29 is 9.18 Å². The van der Waals surface area contributed by atoms with Crippen molar-refractivity contribution in [1.82, 2.24) is 9.88 Å². The van der Waals surface area contributed by atoms with E-state index >= 15 is 0 Å². The number of nitrogens with zero attached hydrogens (tertiary/aromatic N) is 1. The molecule has 1 atom stereocenters. The van der Waals surface area contributed by atoms with Crippen LogP contribution < -0.4 is 5.32 Å². The van der Waals surface area contributed by atoms with Crippen LogP contribution in [0.4, 0.5) is 4.39 Å². The van der Waals surface area contributed by atoms with Gasteiger partial charge in [0.15, 0.2) is 0 Å². The zero-order chi connectivity index (χ0) is 16.3. The van der Waals surface area contributed by atoms with Crippen LogP contribution in [0.1, 0.15) is 36.8 Å². The molecule has 0 unspecified atom stereocenters. The Morgan fingerprint density at radius 3 is 2.14 bits per heavy atom. The van der Waals surface area contributed by atoms with E-state index in [4.69, 9.17) is 0 Å². The Kier molecular flexibility index (Phi) is 5.01. The fraction of sp³-hybridized carbons (Fsp3) is 0.389. The van der Waals surface area contributed by atoms with Gasteiger partial charge in [-0.2, -0.15) is 0 Å². The number of nitrogens with one attached hydrogen (secondary N) is 1. The van der Waals surface area contributed by atoms with Gasteiger partial charge < -0.3 is 9.88 Å². The van der Waals surface area contributed by atoms with Crippen molar-refractivity contribution in [2.24, 2.45) is 5.92 Å². The molecule has 0 fully saturated rings. The second-order valence-electron chi connectivity index (χ2n) is 6.04. The monoisotopic (exact) mass is 302 g/mol. The molecule has 4 heteroatoms. The van der Waals surface area contributed by atoms with E-state index in [-0.39, 0.29) is 23.7 Å². The van der Waals surface area contributed by atoms with Crippen molar-refractivity contribution >= 4 is 5.91 Å². The Bertz CT molecular complexity index is 624. The Hall–Kier alpha value is -2.10. The van der Waals surface area contributed by atoms with Crippen LogP contribution >= 0.6 is 0 Å². The quantitative estimate of drug-likeness (QED) is 0.896. The maximum Gasteiger partial charge on any atom is 0.240 e. The Morgan fingerprint density at radius 2 is 1.64 bits per heavy atom. The molecule has 1 aromatic heterocycles. The van der Waals surface area contributed by atoms with E-state index in [1.54, 1.807) is 12.1 Å². The average Bonchev–Trinajstić information content (AvgIpc) is 2.77. The number of amides is 1. The molecule has 118 valence electrons. The highest BCUT2D eigenvalue weighted by Crippen LogP contribution is 2.22. The number of hydrogen-bond donors (Lipinski definition) is 1. The van der Waals surface area contributed by atoms with E-state index in [1.165, 1.54) is 12.1 Å². The van der Waals surface area contributed by atoms with Crippen molar-refractivity contribution in [1.29, 1.82) is 0 Å². The van der Waals surface area contributed by atoms with Crippen LogP contribution in [0.2, 0.25) is 0 Å². The second kappa shape index (κ2) is 6.77. The van der Waals surface area contributed by atoms with E-state index < -0.39 is 0 Å². The van der Waals surface area contributed by atoms with E-state index in [2.05, 4.69) is 5.32 Å². The van der Waals surface area contributed by atoms with E-state index in [0.29, 0.717) is 6.54 Å². The van der Waals surface area contributed by atoms with Gasteiger partial charge in [-0.15, -0.1) is 0 Å². The van der Waals surface area contributed by atoms with Gasteiger partial charge >= 0.3 is 0 Å². The van der Waals surface area contributed by atoms with E-state index in [9.17, 15) is 9.18 Å². The number of aromatic nitrogens is 1. The summed E-state index contributed by atoms with van der Waals surface area (Å²) in [5.74, 6) is -0.0807. The van der Waals surface area contributed by atoms with Gasteiger partial charge in [0.1, 0.15) is 12.4 Å². The minimum Gasteiger partial charge on any atom is -0.347 e. The Labute approximate surface area is 131 Å². The molecule has 1 aromatic carbocycles. The smallest absolute Gasteiger partial charge is 0.240 e. The van der Waals surface area contributed by atoms with Gasteiger partial charge in [0.25, 0.3) is 0 Å². The highest BCUT2D eigenvalue weighted by Gasteiger charge is 2.19. The highest BCUT2D eigenvalue weighted by molar-refractivity contribution is 5.76. The first-order valence-electron chi connectivity index (χ1n) is 7.56. The molecule has 1 amide bonds. The number of carbonyl (C=O) groups is 1. The van der Waals surface area contributed by atoms with E-state index in [0.717, 1.165) is 17.0 Å². The topological polar surface area (TPSA) is 34.0 Å². The number of halogens is 1. The fourth-order valence-corrected chi connectivity index (χ4v) is 2.62. The molecule has 2 aromatic rings. The molecule has 1 heterocycles. The van der Waals surface area contributed by atoms with Crippen LogP contribution in [0.25, 0.3) is 0 Å². The molecular formula is C18H23FN2O. The third kappa shape index (κ3) is 3.75. The molecule has 3 nitrogen and oxygen atoms in total. The molecule has 0 spiro atoms. The summed E-state index contributed by atoms with van der Waals surface area (Å²) in [4.78, 5) is 12.4. The first kappa shape index (κ1) is 16.3. The summed E-state index contributed by atoms with van der Waals surface area (Å²) >= 11 is 0. The maximum atomic E-state index is 13.1. The molecule has 0 aliphatic heterocycles. The van der Waals surface area contributed by atoms with Crippen LogP contribution in [0, 0.1) is 25.6 Å². The predicted octanol–water partition coefficient (Wildman–Crippen LogP) is 3.76. The maximum absolute atomic E-state index is 13.1. The number of aryl methyl sites for hydroxylation is 2. The lowest BCUT2D eigenvalue weighted by atomic mass is 9.96. The van der Waals surface area contributed by atoms with Gasteiger partial charge in [0.2, 0.25) is 5.91 Å². The molecular weight excluding hydrogens is 279 g/mol. The number of rotatable bonds is 5. The number of benzene rings is 1. The second-order valence-corrected chi connectivity index (χ2v) is 6.04. The molecule has 0 radical (unpaired) electrons. The molecule has 0 aliphatic rings. The van der Waals surface area contributed by atoms with E-state index in [1.807, 2.05) is 44.4 Å². The molecule has 0 bridgehead atoms. The number of hydrogen-bond acceptors (Lipinski definition) is 1. The van der Waals surface area contributed by atoms with Gasteiger partial charge in [0, 0.05) is 11.4 Å². The zero-order valence-electron chi connectivity index (χ0n) is 13.6. The summed E-state index contributed by atoms with van der Waals surface area (Å²) < 4.78 is 15.0. The van der Waals surface area contributed by atoms with Crippen LogP contribution in [0.3, 0.4) is 0 Å². The summed E-state index contributed by atoms with van der Waals surface area (Å²) in [7, 11) is 0. The summed E-state index contributed by atoms with van der Waals surface area (Å²) in [6, 6.07) is 10.2. The molecule has 1 N–H and O–H groups in total. The average molecular weight is 302 g/mol. The minimum atomic E-state index is -0.267. The summed E-state index contributed by atoms with van der Waals surface area (Å²) in [5, 5.41) is 3.06. The fourth-order valence-electron chi connectivity index (χ4n) is 2.62. The predicted molar refractivity (Wildman–Crippen MR) is 86.0 cm³/mol. The molecule has 0 saturated heterocycles. The first-order valence-corrected chi connectivity index (χ1v) is 7.56. The van der Waals surface area contributed by atoms with Gasteiger partial charge in [-0.25, -0.2) is 4.39 Å². The van der Waals surface area contributed by atoms with Crippen molar-refractivity contribution in [3.63, 3.8) is 0 Å². The lowest BCUT2D eigenvalue weighted by molar-refractivity contribution is -0.122. The normalized spacial score (nSPS) is 12.5. The summed E-state index contributed by atoms with van der Waals surface area (Å²) in [6.07, 6.45) is 0. The van der Waals surface area contributed by atoms with Crippen molar-refractivity contribution in [2.45, 2.75) is 40.3 Å². The Balaban J connectivity index is 2.11. The van der Waals surface area contributed by atoms with Crippen molar-refractivity contribution in [2.75, 3.05) is 0 Å². The lowest BCUT2D eigenvalue weighted by Gasteiger charge is -2.23. The highest BCUT2D eigenvalue weighted by atomic mass is 19.1. The summed E-state index contributed by atoms with van der Waals surface area (Å²) in [5.41, 5.74) is 3.05.